The number of hydrogen-bond donors (Lipinski definition) is 1. The van der Waals surface area contributed by atoms with E-state index >= 15 is 0 Å². The lowest BCUT2D eigenvalue weighted by molar-refractivity contribution is 0.0674. The van der Waals surface area contributed by atoms with Crippen molar-refractivity contribution < 1.29 is 4.79 Å². The molecule has 2 fully saturated rings. The zero-order chi connectivity index (χ0) is 15.7. The number of benzene rings is 1. The average molecular weight is 301 g/mol. The zero-order valence-corrected chi connectivity index (χ0v) is 13.9. The highest BCUT2D eigenvalue weighted by atomic mass is 16.2. The molecule has 0 radical (unpaired) electrons. The molecule has 2 saturated heterocycles. The number of carbonyl (C=O) groups excluding carboxylic acids is 1. The van der Waals surface area contributed by atoms with E-state index in [1.165, 1.54) is 12.8 Å². The fraction of sp³-hybridized carbons (Fsp3) is 0.611. The van der Waals surface area contributed by atoms with E-state index in [1.807, 2.05) is 4.90 Å². The van der Waals surface area contributed by atoms with Gasteiger partial charge in [-0.1, -0.05) is 11.6 Å². The van der Waals surface area contributed by atoms with Gasteiger partial charge in [0.1, 0.15) is 0 Å². The quantitative estimate of drug-likeness (QED) is 0.911. The minimum Gasteiger partial charge on any atom is -0.371 e. The van der Waals surface area contributed by atoms with Crippen molar-refractivity contribution in [2.24, 2.45) is 0 Å². The fourth-order valence-electron chi connectivity index (χ4n) is 3.72. The molecule has 0 aromatic heterocycles. The molecule has 2 aliphatic heterocycles. The van der Waals surface area contributed by atoms with Crippen molar-refractivity contribution in [2.75, 3.05) is 31.1 Å². The van der Waals surface area contributed by atoms with Gasteiger partial charge in [0.15, 0.2) is 0 Å². The first-order chi connectivity index (χ1) is 10.5. The summed E-state index contributed by atoms with van der Waals surface area (Å²) in [5.41, 5.74) is 3.15. The first kappa shape index (κ1) is 15.3. The van der Waals surface area contributed by atoms with Crippen LogP contribution in [0.1, 0.15) is 42.6 Å². The second kappa shape index (κ2) is 6.29. The van der Waals surface area contributed by atoms with Crippen molar-refractivity contribution in [3.05, 3.63) is 29.3 Å². The van der Waals surface area contributed by atoms with Gasteiger partial charge in [0, 0.05) is 44.0 Å². The molecule has 1 N–H and O–H groups in total. The summed E-state index contributed by atoms with van der Waals surface area (Å²) in [5.74, 6) is 0.186. The van der Waals surface area contributed by atoms with Crippen LogP contribution in [-0.4, -0.2) is 49.1 Å². The fourth-order valence-corrected chi connectivity index (χ4v) is 3.72. The Morgan fingerprint density at radius 3 is 2.41 bits per heavy atom. The number of nitrogens with zero attached hydrogens (tertiary/aromatic N) is 2. The van der Waals surface area contributed by atoms with E-state index < -0.39 is 0 Å². The summed E-state index contributed by atoms with van der Waals surface area (Å²) in [5, 5.41) is 3.49. The van der Waals surface area contributed by atoms with E-state index in [4.69, 9.17) is 0 Å². The van der Waals surface area contributed by atoms with Gasteiger partial charge in [-0.3, -0.25) is 4.79 Å². The molecule has 4 nitrogen and oxygen atoms in total. The second-order valence-corrected chi connectivity index (χ2v) is 6.89. The number of rotatable bonds is 2. The first-order valence-electron chi connectivity index (χ1n) is 8.45. The Hall–Kier alpha value is -1.55. The highest BCUT2D eigenvalue weighted by Gasteiger charge is 2.28. The van der Waals surface area contributed by atoms with Crippen LogP contribution in [0.15, 0.2) is 18.2 Å². The van der Waals surface area contributed by atoms with Gasteiger partial charge in [-0.25, -0.2) is 0 Å². The number of anilines is 1. The van der Waals surface area contributed by atoms with Crippen LogP contribution in [-0.2, 0) is 0 Å². The van der Waals surface area contributed by atoms with E-state index in [2.05, 4.69) is 49.2 Å². The lowest BCUT2D eigenvalue weighted by atomic mass is 10.0. The number of aryl methyl sites for hydroxylation is 1. The SMILES string of the molecule is Cc1ccc(N2CCCC2)c(C(=O)N2C[C@@H](C)N[C@H](C)C2)c1. The molecule has 0 bridgehead atoms. The standard InChI is InChI=1S/C18H27N3O/c1-13-6-7-17(20-8-4-5-9-20)16(10-13)18(22)21-11-14(2)19-15(3)12-21/h6-7,10,14-15,19H,4-5,8-9,11-12H2,1-3H3/t14-,15-/m1/s1. The Morgan fingerprint density at radius 2 is 1.77 bits per heavy atom. The van der Waals surface area contributed by atoms with Gasteiger partial charge in [-0.15, -0.1) is 0 Å². The maximum absolute atomic E-state index is 13.1. The first-order valence-corrected chi connectivity index (χ1v) is 8.45. The van der Waals surface area contributed by atoms with Crippen molar-refractivity contribution in [3.63, 3.8) is 0 Å². The topological polar surface area (TPSA) is 35.6 Å². The molecule has 2 atom stereocenters. The van der Waals surface area contributed by atoms with Gasteiger partial charge in [-0.05, 0) is 45.7 Å². The second-order valence-electron chi connectivity index (χ2n) is 6.89. The number of hydrogen-bond acceptors (Lipinski definition) is 3. The lowest BCUT2D eigenvalue weighted by Crippen LogP contribution is -2.56. The third-order valence-corrected chi connectivity index (χ3v) is 4.67. The van der Waals surface area contributed by atoms with Crippen LogP contribution in [0.2, 0.25) is 0 Å². The van der Waals surface area contributed by atoms with Gasteiger partial charge in [0.25, 0.3) is 5.91 Å². The Kier molecular flexibility index (Phi) is 4.39. The highest BCUT2D eigenvalue weighted by Crippen LogP contribution is 2.27. The summed E-state index contributed by atoms with van der Waals surface area (Å²) in [6.07, 6.45) is 2.45. The maximum Gasteiger partial charge on any atom is 0.256 e. The number of piperazine rings is 1. The van der Waals surface area contributed by atoms with Crippen LogP contribution >= 0.6 is 0 Å². The molecule has 2 aliphatic rings. The van der Waals surface area contributed by atoms with E-state index in [1.54, 1.807) is 0 Å². The largest absolute Gasteiger partial charge is 0.371 e. The summed E-state index contributed by atoms with van der Waals surface area (Å²) in [4.78, 5) is 17.5. The molecular weight excluding hydrogens is 274 g/mol. The third kappa shape index (κ3) is 3.12. The van der Waals surface area contributed by atoms with Crippen LogP contribution < -0.4 is 10.2 Å². The van der Waals surface area contributed by atoms with Crippen LogP contribution in [0.4, 0.5) is 5.69 Å². The Bertz CT molecular complexity index is 541. The number of carbonyl (C=O) groups is 1. The average Bonchev–Trinajstić information content (AvgIpc) is 2.99. The third-order valence-electron chi connectivity index (χ3n) is 4.67. The molecule has 0 saturated carbocycles. The Balaban J connectivity index is 1.89. The minimum absolute atomic E-state index is 0.186. The van der Waals surface area contributed by atoms with Gasteiger partial charge in [-0.2, -0.15) is 0 Å². The van der Waals surface area contributed by atoms with E-state index in [9.17, 15) is 4.79 Å². The predicted molar refractivity (Wildman–Crippen MR) is 90.6 cm³/mol. The molecule has 3 rings (SSSR count). The molecule has 4 heteroatoms. The zero-order valence-electron chi connectivity index (χ0n) is 13.9. The monoisotopic (exact) mass is 301 g/mol. The van der Waals surface area contributed by atoms with Crippen molar-refractivity contribution in [2.45, 2.75) is 45.7 Å². The van der Waals surface area contributed by atoms with Crippen molar-refractivity contribution in [1.82, 2.24) is 10.2 Å². The van der Waals surface area contributed by atoms with Crippen molar-refractivity contribution in [3.8, 4) is 0 Å². The highest BCUT2D eigenvalue weighted by molar-refractivity contribution is 6.00. The normalized spacial score (nSPS) is 25.6. The molecule has 1 aromatic carbocycles. The number of amides is 1. The Labute approximate surface area is 133 Å². The summed E-state index contributed by atoms with van der Waals surface area (Å²) >= 11 is 0. The lowest BCUT2D eigenvalue weighted by Gasteiger charge is -2.37. The van der Waals surface area contributed by atoms with Crippen LogP contribution in [0.5, 0.6) is 0 Å². The summed E-state index contributed by atoms with van der Waals surface area (Å²) in [6, 6.07) is 7.02. The number of nitrogens with one attached hydrogen (secondary N) is 1. The van der Waals surface area contributed by atoms with Gasteiger partial charge < -0.3 is 15.1 Å². The smallest absolute Gasteiger partial charge is 0.256 e. The van der Waals surface area contributed by atoms with E-state index in [0.29, 0.717) is 12.1 Å². The summed E-state index contributed by atoms with van der Waals surface area (Å²) in [6.45, 7) is 10.1. The summed E-state index contributed by atoms with van der Waals surface area (Å²) in [7, 11) is 0. The van der Waals surface area contributed by atoms with Crippen LogP contribution in [0.25, 0.3) is 0 Å². The van der Waals surface area contributed by atoms with Gasteiger partial charge in [0.05, 0.1) is 5.56 Å². The molecule has 0 unspecified atom stereocenters. The molecule has 22 heavy (non-hydrogen) atoms. The molecule has 120 valence electrons. The molecule has 2 heterocycles. The predicted octanol–water partition coefficient (Wildman–Crippen LogP) is 2.42. The van der Waals surface area contributed by atoms with E-state index in [-0.39, 0.29) is 5.91 Å². The molecule has 1 aromatic rings. The molecule has 0 aliphatic carbocycles. The minimum atomic E-state index is 0.186. The van der Waals surface area contributed by atoms with Crippen LogP contribution in [0.3, 0.4) is 0 Å². The van der Waals surface area contributed by atoms with Crippen LogP contribution in [0, 0.1) is 6.92 Å². The van der Waals surface area contributed by atoms with Crippen molar-refractivity contribution in [1.29, 1.82) is 0 Å². The molecular formula is C18H27N3O. The van der Waals surface area contributed by atoms with Gasteiger partial charge >= 0.3 is 0 Å². The Morgan fingerprint density at radius 1 is 1.14 bits per heavy atom. The maximum atomic E-state index is 13.1. The summed E-state index contributed by atoms with van der Waals surface area (Å²) < 4.78 is 0. The van der Waals surface area contributed by atoms with Crippen molar-refractivity contribution >= 4 is 11.6 Å². The van der Waals surface area contributed by atoms with E-state index in [0.717, 1.165) is 43.0 Å². The van der Waals surface area contributed by atoms with Gasteiger partial charge in [0.2, 0.25) is 0 Å². The molecule has 1 amide bonds. The molecule has 0 spiro atoms.